The van der Waals surface area contributed by atoms with Gasteiger partial charge in [-0.15, -0.1) is 6.42 Å². The first-order valence-electron chi connectivity index (χ1n) is 8.25. The lowest BCUT2D eigenvalue weighted by Crippen LogP contribution is -2.46. The number of nitrogens with zero attached hydrogens (tertiary/aromatic N) is 1. The van der Waals surface area contributed by atoms with Gasteiger partial charge in [-0.2, -0.15) is 0 Å². The van der Waals surface area contributed by atoms with E-state index in [0.717, 1.165) is 12.1 Å². The summed E-state index contributed by atoms with van der Waals surface area (Å²) in [4.78, 5) is 12.6. The molecule has 3 rings (SSSR count). The number of carbonyl (C=O) groups excluding carboxylic acids is 1. The van der Waals surface area contributed by atoms with E-state index in [1.807, 2.05) is 0 Å². The summed E-state index contributed by atoms with van der Waals surface area (Å²) < 4.78 is 37.7. The molecule has 5 nitrogen and oxygen atoms in total. The van der Waals surface area contributed by atoms with Crippen molar-refractivity contribution < 1.29 is 22.8 Å². The molecule has 1 aromatic heterocycles. The van der Waals surface area contributed by atoms with E-state index >= 15 is 0 Å². The Labute approximate surface area is 149 Å². The van der Waals surface area contributed by atoms with Crippen molar-refractivity contribution >= 4 is 5.91 Å². The summed E-state index contributed by atoms with van der Waals surface area (Å²) in [7, 11) is 0. The number of terminal acetylenes is 1. The molecule has 1 aromatic carbocycles. The van der Waals surface area contributed by atoms with Crippen LogP contribution in [0.5, 0.6) is 0 Å². The third-order valence-corrected chi connectivity index (χ3v) is 4.56. The Balaban J connectivity index is 1.83. The average molecular weight is 360 g/mol. The van der Waals surface area contributed by atoms with E-state index in [1.165, 1.54) is 6.07 Å². The predicted octanol–water partition coefficient (Wildman–Crippen LogP) is 2.71. The molecule has 0 bridgehead atoms. The Morgan fingerprint density at radius 3 is 2.77 bits per heavy atom. The van der Waals surface area contributed by atoms with Crippen LogP contribution < -0.4 is 5.32 Å². The fourth-order valence-electron chi connectivity index (χ4n) is 3.12. The van der Waals surface area contributed by atoms with Crippen LogP contribution in [0.1, 0.15) is 18.6 Å². The van der Waals surface area contributed by atoms with Crippen LogP contribution in [-0.2, 0) is 16.0 Å². The quantitative estimate of drug-likeness (QED) is 0.833. The maximum absolute atomic E-state index is 13.9. The van der Waals surface area contributed by atoms with Crippen molar-refractivity contribution in [3.63, 3.8) is 0 Å². The summed E-state index contributed by atoms with van der Waals surface area (Å²) in [6.07, 6.45) is 6.55. The molecule has 2 heterocycles. The average Bonchev–Trinajstić information content (AvgIpc) is 3.08. The maximum atomic E-state index is 13.9. The molecule has 1 fully saturated rings. The number of benzene rings is 1. The Morgan fingerprint density at radius 2 is 2.08 bits per heavy atom. The number of amides is 1. The van der Waals surface area contributed by atoms with E-state index in [1.54, 1.807) is 6.07 Å². The van der Waals surface area contributed by atoms with Gasteiger partial charge in [0, 0.05) is 37.3 Å². The SMILES string of the molecule is C#CCNC(=O)C1(Cc2cc(-c3ccc(F)cc3F)no2)CCOCC1. The van der Waals surface area contributed by atoms with E-state index in [4.69, 9.17) is 15.7 Å². The Morgan fingerprint density at radius 1 is 1.31 bits per heavy atom. The van der Waals surface area contributed by atoms with Gasteiger partial charge >= 0.3 is 0 Å². The van der Waals surface area contributed by atoms with Crippen molar-refractivity contribution in [1.82, 2.24) is 10.5 Å². The van der Waals surface area contributed by atoms with Gasteiger partial charge in [-0.05, 0) is 25.0 Å². The first-order valence-corrected chi connectivity index (χ1v) is 8.25. The minimum Gasteiger partial charge on any atom is -0.381 e. The Bertz CT molecular complexity index is 836. The molecular weight excluding hydrogens is 342 g/mol. The van der Waals surface area contributed by atoms with Crippen LogP contribution in [0.4, 0.5) is 8.78 Å². The zero-order valence-electron chi connectivity index (χ0n) is 14.1. The summed E-state index contributed by atoms with van der Waals surface area (Å²) in [5.41, 5.74) is -0.323. The molecule has 0 atom stereocenters. The standard InChI is InChI=1S/C19H18F2N2O3/c1-2-7-22-18(24)19(5-8-25-9-6-19)12-14-11-17(23-26-14)15-4-3-13(20)10-16(15)21/h1,3-4,10-11H,5-9,12H2,(H,22,24). The van der Waals surface area contributed by atoms with E-state index in [9.17, 15) is 13.6 Å². The van der Waals surface area contributed by atoms with Gasteiger partial charge in [0.2, 0.25) is 5.91 Å². The summed E-state index contributed by atoms with van der Waals surface area (Å²) in [6, 6.07) is 4.81. The van der Waals surface area contributed by atoms with Gasteiger partial charge in [0.15, 0.2) is 0 Å². The zero-order chi connectivity index (χ0) is 18.6. The number of ether oxygens (including phenoxy) is 1. The van der Waals surface area contributed by atoms with Crippen LogP contribution in [-0.4, -0.2) is 30.8 Å². The second kappa shape index (κ2) is 7.67. The second-order valence-corrected chi connectivity index (χ2v) is 6.26. The summed E-state index contributed by atoms with van der Waals surface area (Å²) >= 11 is 0. The normalized spacial score (nSPS) is 16.0. The summed E-state index contributed by atoms with van der Waals surface area (Å²) in [5, 5.41) is 6.58. The minimum absolute atomic E-state index is 0.138. The van der Waals surface area contributed by atoms with Crippen LogP contribution in [0.2, 0.25) is 0 Å². The minimum atomic E-state index is -0.725. The van der Waals surface area contributed by atoms with Gasteiger partial charge in [0.25, 0.3) is 0 Å². The molecule has 0 unspecified atom stereocenters. The van der Waals surface area contributed by atoms with E-state index in [-0.39, 0.29) is 23.7 Å². The van der Waals surface area contributed by atoms with Crippen molar-refractivity contribution in [3.05, 3.63) is 41.7 Å². The lowest BCUT2D eigenvalue weighted by atomic mass is 9.75. The first-order chi connectivity index (χ1) is 12.5. The van der Waals surface area contributed by atoms with Gasteiger partial charge in [-0.1, -0.05) is 11.1 Å². The maximum Gasteiger partial charge on any atom is 0.227 e. The number of aromatic nitrogens is 1. The molecule has 136 valence electrons. The monoisotopic (exact) mass is 360 g/mol. The molecule has 1 aliphatic rings. The first kappa shape index (κ1) is 18.1. The smallest absolute Gasteiger partial charge is 0.227 e. The molecule has 26 heavy (non-hydrogen) atoms. The molecule has 0 radical (unpaired) electrons. The fraction of sp³-hybridized carbons (Fsp3) is 0.368. The van der Waals surface area contributed by atoms with Crippen LogP contribution >= 0.6 is 0 Å². The lowest BCUT2D eigenvalue weighted by molar-refractivity contribution is -0.136. The third kappa shape index (κ3) is 3.75. The van der Waals surface area contributed by atoms with Crippen molar-refractivity contribution in [1.29, 1.82) is 0 Å². The fourth-order valence-corrected chi connectivity index (χ4v) is 3.12. The van der Waals surface area contributed by atoms with Crippen LogP contribution in [0.25, 0.3) is 11.3 Å². The highest BCUT2D eigenvalue weighted by Crippen LogP contribution is 2.36. The second-order valence-electron chi connectivity index (χ2n) is 6.26. The van der Waals surface area contributed by atoms with Crippen molar-refractivity contribution in [2.75, 3.05) is 19.8 Å². The molecule has 1 N–H and O–H groups in total. The van der Waals surface area contributed by atoms with Gasteiger partial charge in [0.1, 0.15) is 23.1 Å². The Kier molecular flexibility index (Phi) is 5.33. The van der Waals surface area contributed by atoms with Crippen molar-refractivity contribution in [3.8, 4) is 23.6 Å². The molecule has 0 spiro atoms. The van der Waals surface area contributed by atoms with Crippen molar-refractivity contribution in [2.45, 2.75) is 19.3 Å². The van der Waals surface area contributed by atoms with E-state index in [0.29, 0.717) is 38.2 Å². The van der Waals surface area contributed by atoms with Crippen molar-refractivity contribution in [2.24, 2.45) is 5.41 Å². The summed E-state index contributed by atoms with van der Waals surface area (Å²) in [6.45, 7) is 1.05. The van der Waals surface area contributed by atoms with Crippen LogP contribution in [0.3, 0.4) is 0 Å². The number of carbonyl (C=O) groups is 1. The number of rotatable bonds is 5. The third-order valence-electron chi connectivity index (χ3n) is 4.56. The number of hydrogen-bond donors (Lipinski definition) is 1. The molecule has 1 saturated heterocycles. The highest BCUT2D eigenvalue weighted by Gasteiger charge is 2.41. The number of hydrogen-bond acceptors (Lipinski definition) is 4. The van der Waals surface area contributed by atoms with Gasteiger partial charge in [0.05, 0.1) is 12.0 Å². The number of nitrogens with one attached hydrogen (secondary N) is 1. The van der Waals surface area contributed by atoms with Gasteiger partial charge in [-0.3, -0.25) is 4.79 Å². The molecule has 2 aromatic rings. The zero-order valence-corrected chi connectivity index (χ0v) is 14.1. The predicted molar refractivity (Wildman–Crippen MR) is 89.9 cm³/mol. The van der Waals surface area contributed by atoms with E-state index < -0.39 is 17.0 Å². The lowest BCUT2D eigenvalue weighted by Gasteiger charge is -2.34. The highest BCUT2D eigenvalue weighted by atomic mass is 19.1. The van der Waals surface area contributed by atoms with Gasteiger partial charge < -0.3 is 14.6 Å². The van der Waals surface area contributed by atoms with Crippen LogP contribution in [0, 0.1) is 29.4 Å². The molecular formula is C19H18F2N2O3. The summed E-state index contributed by atoms with van der Waals surface area (Å²) in [5.74, 6) is 1.28. The van der Waals surface area contributed by atoms with Gasteiger partial charge in [-0.25, -0.2) is 8.78 Å². The molecule has 1 aliphatic heterocycles. The molecule has 0 saturated carbocycles. The molecule has 0 aliphatic carbocycles. The van der Waals surface area contributed by atoms with E-state index in [2.05, 4.69) is 16.4 Å². The van der Waals surface area contributed by atoms with Crippen LogP contribution in [0.15, 0.2) is 28.8 Å². The Hall–Kier alpha value is -2.72. The topological polar surface area (TPSA) is 64.4 Å². The highest BCUT2D eigenvalue weighted by molar-refractivity contribution is 5.83. The molecule has 7 heteroatoms. The number of halogens is 2. The largest absolute Gasteiger partial charge is 0.381 e. The molecule has 1 amide bonds.